The van der Waals surface area contributed by atoms with Crippen LogP contribution >= 0.6 is 0 Å². The van der Waals surface area contributed by atoms with Crippen LogP contribution in [0.15, 0.2) is 53.1 Å². The molecule has 7 nitrogen and oxygen atoms in total. The maximum Gasteiger partial charge on any atom is 0.407 e. The summed E-state index contributed by atoms with van der Waals surface area (Å²) in [6.07, 6.45) is 0.809. The Morgan fingerprint density at radius 3 is 2.61 bits per heavy atom. The molecule has 1 heterocycles. The lowest BCUT2D eigenvalue weighted by Gasteiger charge is -2.08. The normalized spacial score (nSPS) is 11.1. The summed E-state index contributed by atoms with van der Waals surface area (Å²) in [5, 5.41) is 2.40. The fourth-order valence-corrected chi connectivity index (χ4v) is 2.61. The molecule has 1 aromatic carbocycles. The quantitative estimate of drug-likeness (QED) is 0.762. The maximum atomic E-state index is 11.7. The van der Waals surface area contributed by atoms with Crippen molar-refractivity contribution in [3.63, 3.8) is 0 Å². The SMILES string of the molecule is O=C(NCCS(=O)(=O)NCc1ccco1)OCc1ccccc1. The first-order valence-electron chi connectivity index (χ1n) is 6.99. The highest BCUT2D eigenvalue weighted by Gasteiger charge is 2.12. The van der Waals surface area contributed by atoms with Crippen LogP contribution in [0.2, 0.25) is 0 Å². The monoisotopic (exact) mass is 338 g/mol. The minimum Gasteiger partial charge on any atom is -0.468 e. The fraction of sp³-hybridized carbons (Fsp3) is 0.267. The van der Waals surface area contributed by atoms with E-state index in [1.165, 1.54) is 6.26 Å². The number of benzene rings is 1. The number of nitrogens with one attached hydrogen (secondary N) is 2. The molecule has 1 amide bonds. The summed E-state index contributed by atoms with van der Waals surface area (Å²) >= 11 is 0. The summed E-state index contributed by atoms with van der Waals surface area (Å²) in [6, 6.07) is 12.5. The molecule has 0 spiro atoms. The number of amides is 1. The van der Waals surface area contributed by atoms with Gasteiger partial charge in [-0.15, -0.1) is 0 Å². The van der Waals surface area contributed by atoms with Crippen molar-refractivity contribution in [2.45, 2.75) is 13.2 Å². The minimum atomic E-state index is -3.50. The van der Waals surface area contributed by atoms with Crippen LogP contribution in [0.25, 0.3) is 0 Å². The van der Waals surface area contributed by atoms with E-state index in [9.17, 15) is 13.2 Å². The molecule has 0 saturated heterocycles. The lowest BCUT2D eigenvalue weighted by molar-refractivity contribution is 0.140. The van der Waals surface area contributed by atoms with Gasteiger partial charge in [0.1, 0.15) is 12.4 Å². The van der Waals surface area contributed by atoms with Crippen LogP contribution in [0.5, 0.6) is 0 Å². The van der Waals surface area contributed by atoms with Crippen LogP contribution in [-0.2, 0) is 27.9 Å². The molecule has 0 aliphatic heterocycles. The van der Waals surface area contributed by atoms with E-state index in [1.54, 1.807) is 12.1 Å². The predicted octanol–water partition coefficient (Wildman–Crippen LogP) is 1.63. The second kappa shape index (κ2) is 8.35. The summed E-state index contributed by atoms with van der Waals surface area (Å²) in [7, 11) is -3.50. The van der Waals surface area contributed by atoms with Gasteiger partial charge in [-0.3, -0.25) is 0 Å². The van der Waals surface area contributed by atoms with E-state index >= 15 is 0 Å². The van der Waals surface area contributed by atoms with Crippen molar-refractivity contribution in [1.82, 2.24) is 10.0 Å². The highest BCUT2D eigenvalue weighted by molar-refractivity contribution is 7.89. The molecule has 8 heteroatoms. The molecule has 0 radical (unpaired) electrons. The van der Waals surface area contributed by atoms with Crippen molar-refractivity contribution in [1.29, 1.82) is 0 Å². The van der Waals surface area contributed by atoms with Gasteiger partial charge in [-0.1, -0.05) is 30.3 Å². The molecule has 0 fully saturated rings. The third-order valence-electron chi connectivity index (χ3n) is 2.90. The first kappa shape index (κ1) is 17.0. The number of furan rings is 1. The summed E-state index contributed by atoms with van der Waals surface area (Å²) in [4.78, 5) is 11.5. The Hall–Kier alpha value is -2.32. The first-order valence-corrected chi connectivity index (χ1v) is 8.65. The van der Waals surface area contributed by atoms with Crippen LogP contribution in [0.3, 0.4) is 0 Å². The number of sulfonamides is 1. The predicted molar refractivity (Wildman–Crippen MR) is 84.0 cm³/mol. The molecule has 2 aromatic rings. The number of ether oxygens (including phenoxy) is 1. The van der Waals surface area contributed by atoms with Gasteiger partial charge >= 0.3 is 6.09 Å². The van der Waals surface area contributed by atoms with E-state index in [0.717, 1.165) is 5.56 Å². The summed E-state index contributed by atoms with van der Waals surface area (Å²) < 4.78 is 35.9. The average molecular weight is 338 g/mol. The number of rotatable bonds is 8. The molecule has 23 heavy (non-hydrogen) atoms. The highest BCUT2D eigenvalue weighted by Crippen LogP contribution is 2.01. The maximum absolute atomic E-state index is 11.7. The first-order chi connectivity index (χ1) is 11.1. The Bertz CT molecular complexity index is 699. The van der Waals surface area contributed by atoms with E-state index in [-0.39, 0.29) is 25.4 Å². The molecule has 0 aliphatic rings. The van der Waals surface area contributed by atoms with Crippen molar-refractivity contribution in [2.24, 2.45) is 0 Å². The van der Waals surface area contributed by atoms with E-state index in [0.29, 0.717) is 5.76 Å². The smallest absolute Gasteiger partial charge is 0.407 e. The Labute approximate surface area is 134 Å². The lowest BCUT2D eigenvalue weighted by Crippen LogP contribution is -2.34. The fourth-order valence-electron chi connectivity index (χ4n) is 1.73. The topological polar surface area (TPSA) is 97.6 Å². The Morgan fingerprint density at radius 1 is 1.13 bits per heavy atom. The van der Waals surface area contributed by atoms with Gasteiger partial charge < -0.3 is 14.5 Å². The summed E-state index contributed by atoms with van der Waals surface area (Å²) in [5.74, 6) is 0.275. The Kier molecular flexibility index (Phi) is 6.19. The Balaban J connectivity index is 1.64. The van der Waals surface area contributed by atoms with Gasteiger partial charge in [0.05, 0.1) is 18.6 Å². The van der Waals surface area contributed by atoms with Crippen molar-refractivity contribution in [3.05, 3.63) is 60.1 Å². The summed E-state index contributed by atoms with van der Waals surface area (Å²) in [5.41, 5.74) is 0.857. The van der Waals surface area contributed by atoms with Gasteiger partial charge in [-0.25, -0.2) is 17.9 Å². The molecule has 2 rings (SSSR count). The van der Waals surface area contributed by atoms with Crippen molar-refractivity contribution < 1.29 is 22.4 Å². The Morgan fingerprint density at radius 2 is 1.91 bits per heavy atom. The lowest BCUT2D eigenvalue weighted by atomic mass is 10.2. The molecule has 2 N–H and O–H groups in total. The number of carbonyl (C=O) groups excluding carboxylic acids is 1. The number of hydrogen-bond donors (Lipinski definition) is 2. The average Bonchev–Trinajstić information content (AvgIpc) is 3.05. The molecular formula is C15H18N2O5S. The van der Waals surface area contributed by atoms with E-state index in [4.69, 9.17) is 9.15 Å². The highest BCUT2D eigenvalue weighted by atomic mass is 32.2. The van der Waals surface area contributed by atoms with E-state index < -0.39 is 16.1 Å². The van der Waals surface area contributed by atoms with Gasteiger partial charge in [0.15, 0.2) is 0 Å². The van der Waals surface area contributed by atoms with Gasteiger partial charge in [0.2, 0.25) is 10.0 Å². The van der Waals surface area contributed by atoms with Crippen LogP contribution in [-0.4, -0.2) is 26.8 Å². The van der Waals surface area contributed by atoms with Gasteiger partial charge in [0, 0.05) is 6.54 Å². The third-order valence-corrected chi connectivity index (χ3v) is 4.23. The zero-order valence-electron chi connectivity index (χ0n) is 12.4. The van der Waals surface area contributed by atoms with Crippen molar-refractivity contribution >= 4 is 16.1 Å². The van der Waals surface area contributed by atoms with Crippen LogP contribution in [0.1, 0.15) is 11.3 Å². The zero-order valence-corrected chi connectivity index (χ0v) is 13.2. The molecule has 1 aromatic heterocycles. The largest absolute Gasteiger partial charge is 0.468 e. The number of carbonyl (C=O) groups is 1. The zero-order chi connectivity index (χ0) is 16.5. The van der Waals surface area contributed by atoms with Crippen molar-refractivity contribution in [3.8, 4) is 0 Å². The molecule has 0 unspecified atom stereocenters. The second-order valence-corrected chi connectivity index (χ2v) is 6.63. The third kappa shape index (κ3) is 6.54. The van der Waals surface area contributed by atoms with Crippen LogP contribution in [0.4, 0.5) is 4.79 Å². The molecule has 124 valence electrons. The molecule has 0 atom stereocenters. The second-order valence-electron chi connectivity index (χ2n) is 4.71. The molecule has 0 aliphatic carbocycles. The summed E-state index contributed by atoms with van der Waals surface area (Å²) in [6.45, 7) is 0.172. The molecule has 0 saturated carbocycles. The van der Waals surface area contributed by atoms with Crippen LogP contribution in [0, 0.1) is 0 Å². The molecular weight excluding hydrogens is 320 g/mol. The van der Waals surface area contributed by atoms with E-state index in [1.807, 2.05) is 30.3 Å². The number of hydrogen-bond acceptors (Lipinski definition) is 5. The van der Waals surface area contributed by atoms with Gasteiger partial charge in [-0.05, 0) is 17.7 Å². The number of alkyl carbamates (subject to hydrolysis) is 1. The van der Waals surface area contributed by atoms with Gasteiger partial charge in [0.25, 0.3) is 0 Å². The standard InChI is InChI=1S/C15H18N2O5S/c18-15(22-12-13-5-2-1-3-6-13)16-8-10-23(19,20)17-11-14-7-4-9-21-14/h1-7,9,17H,8,10-12H2,(H,16,18). The molecule has 0 bridgehead atoms. The minimum absolute atomic E-state index is 0.0406. The van der Waals surface area contributed by atoms with E-state index in [2.05, 4.69) is 10.0 Å². The van der Waals surface area contributed by atoms with Crippen LogP contribution < -0.4 is 10.0 Å². The van der Waals surface area contributed by atoms with Gasteiger partial charge in [-0.2, -0.15) is 0 Å². The van der Waals surface area contributed by atoms with Crippen molar-refractivity contribution in [2.75, 3.05) is 12.3 Å².